The second-order valence-electron chi connectivity index (χ2n) is 22.2. The molecule has 3 N–H and O–H groups in total. The number of fused-ring (bicyclic) bond motifs is 5. The van der Waals surface area contributed by atoms with Crippen LogP contribution in [0.1, 0.15) is 168 Å². The van der Waals surface area contributed by atoms with Gasteiger partial charge >= 0.3 is 18.0 Å². The van der Waals surface area contributed by atoms with E-state index in [1.165, 1.54) is 0 Å². The average Bonchev–Trinajstić information content (AvgIpc) is 3.59. The summed E-state index contributed by atoms with van der Waals surface area (Å²) in [5.41, 5.74) is -3.19. The molecule has 5 fully saturated rings. The largest absolute Gasteiger partial charge is 0.460 e. The molecule has 0 aromatic heterocycles. The van der Waals surface area contributed by atoms with Crippen molar-refractivity contribution in [3.8, 4) is 0 Å². The molecule has 10 heteroatoms. The number of aliphatic hydroxyl groups is 2. The van der Waals surface area contributed by atoms with Gasteiger partial charge in [-0.25, -0.2) is 9.59 Å². The summed E-state index contributed by atoms with van der Waals surface area (Å²) in [6.07, 6.45) is 6.34. The van der Waals surface area contributed by atoms with Crippen molar-refractivity contribution in [3.63, 3.8) is 0 Å². The topological polar surface area (TPSA) is 141 Å². The lowest BCUT2D eigenvalue weighted by molar-refractivity contribution is -0.251. The van der Waals surface area contributed by atoms with E-state index in [2.05, 4.69) is 46.9 Å². The molecule has 0 radical (unpaired) electrons. The minimum atomic E-state index is -1.07. The summed E-state index contributed by atoms with van der Waals surface area (Å²) in [6.45, 7) is 28.4. The first-order valence-corrected chi connectivity index (χ1v) is 21.0. The van der Waals surface area contributed by atoms with E-state index in [4.69, 9.17) is 18.9 Å². The summed E-state index contributed by atoms with van der Waals surface area (Å²) in [7, 11) is 0. The molecule has 12 atom stereocenters. The maximum Gasteiger partial charge on any atom is 0.408 e. The van der Waals surface area contributed by atoms with Crippen molar-refractivity contribution in [2.75, 3.05) is 0 Å². The number of nitrogens with one attached hydrogen (secondary N) is 1. The van der Waals surface area contributed by atoms with Gasteiger partial charge in [0.25, 0.3) is 0 Å². The van der Waals surface area contributed by atoms with E-state index in [1.54, 1.807) is 41.5 Å². The molecule has 1 aliphatic heterocycles. The number of rotatable bonds is 8. The molecule has 0 spiro atoms. The molecule has 10 nitrogen and oxygen atoms in total. The van der Waals surface area contributed by atoms with Crippen LogP contribution in [0.15, 0.2) is 0 Å². The van der Waals surface area contributed by atoms with Gasteiger partial charge in [0.2, 0.25) is 0 Å². The zero-order valence-corrected chi connectivity index (χ0v) is 36.1. The SMILES string of the molecule is CC(C)(C)OC(=O)CC[C@H](NC(=O)OC(C)(C)C)C(=O)O[C@H]1CC[C@]2(C)[C@H]3C[C@@H](O)[C@@H]4[C@@H]([C@]5(C)CC[C@@H](C(C)(C)O)O5)CC[C@@]4(C)[C@]3(C)CC[C@H]2C1(C)C. The van der Waals surface area contributed by atoms with Crippen molar-refractivity contribution in [1.29, 1.82) is 0 Å². The van der Waals surface area contributed by atoms with Gasteiger partial charge in [0.1, 0.15) is 23.3 Å². The normalized spacial score (nSPS) is 41.1. The first-order valence-electron chi connectivity index (χ1n) is 21.0. The summed E-state index contributed by atoms with van der Waals surface area (Å²) in [6, 6.07) is -1.07. The van der Waals surface area contributed by atoms with Gasteiger partial charge in [-0.15, -0.1) is 0 Å². The van der Waals surface area contributed by atoms with Crippen LogP contribution in [0.4, 0.5) is 4.79 Å². The maximum atomic E-state index is 14.0. The Labute approximate surface area is 325 Å². The van der Waals surface area contributed by atoms with Gasteiger partial charge < -0.3 is 34.5 Å². The Morgan fingerprint density at radius 2 is 1.41 bits per heavy atom. The number of hydrogen-bond donors (Lipinski definition) is 3. The first-order chi connectivity index (χ1) is 24.5. The van der Waals surface area contributed by atoms with Crippen LogP contribution >= 0.6 is 0 Å². The zero-order valence-electron chi connectivity index (χ0n) is 36.1. The highest BCUT2D eigenvalue weighted by atomic mass is 16.6. The Kier molecular flexibility index (Phi) is 11.3. The van der Waals surface area contributed by atoms with E-state index in [0.717, 1.165) is 51.4 Å². The van der Waals surface area contributed by atoms with Crippen LogP contribution in [-0.4, -0.2) is 75.0 Å². The van der Waals surface area contributed by atoms with Crippen LogP contribution in [0.5, 0.6) is 0 Å². The van der Waals surface area contributed by atoms with Gasteiger partial charge in [0.05, 0.1) is 23.4 Å². The lowest BCUT2D eigenvalue weighted by Crippen LogP contribution is -2.67. The Balaban J connectivity index is 1.33. The Morgan fingerprint density at radius 3 is 1.98 bits per heavy atom. The average molecular weight is 762 g/mol. The number of aliphatic hydroxyl groups excluding tert-OH is 1. The number of amides is 1. The summed E-state index contributed by atoms with van der Waals surface area (Å²) in [5.74, 6) is -0.107. The predicted molar refractivity (Wildman–Crippen MR) is 207 cm³/mol. The molecular formula is C44H75NO9. The van der Waals surface area contributed by atoms with Gasteiger partial charge in [-0.2, -0.15) is 0 Å². The molecule has 5 aliphatic rings. The van der Waals surface area contributed by atoms with E-state index in [1.807, 2.05) is 13.8 Å². The van der Waals surface area contributed by atoms with Crippen molar-refractivity contribution in [2.24, 2.45) is 45.3 Å². The molecule has 0 aromatic rings. The molecule has 4 saturated carbocycles. The number of carbonyl (C=O) groups is 3. The standard InChI is InChI=1S/C44H75NO9/c1-37(2,3)53-33(47)16-15-27(45-36(49)54-38(4,5)6)35(48)51-31-19-21-41(11)29(39(31,7)8)18-23-42(12)30(41)25-28(46)34-26(17-22-43(34,42)13)44(14)24-20-32(52-44)40(9,10)50/h26-32,34,46,50H,15-25H2,1-14H3,(H,45,49)/t26-,27-,28+,29-,30+,31-,32-,34-,41-,42+,43+,44-/m0/s1. The molecule has 5 rings (SSSR count). The van der Waals surface area contributed by atoms with Gasteiger partial charge in [0.15, 0.2) is 0 Å². The Hall–Kier alpha value is -1.91. The molecule has 0 unspecified atom stereocenters. The quantitative estimate of drug-likeness (QED) is 0.165. The Morgan fingerprint density at radius 1 is 0.796 bits per heavy atom. The van der Waals surface area contributed by atoms with E-state index in [-0.39, 0.29) is 70.1 Å². The van der Waals surface area contributed by atoms with Gasteiger partial charge in [-0.05, 0) is 166 Å². The van der Waals surface area contributed by atoms with E-state index in [0.29, 0.717) is 12.3 Å². The minimum absolute atomic E-state index is 0.0190. The molecule has 1 amide bonds. The number of esters is 2. The van der Waals surface area contributed by atoms with Gasteiger partial charge in [-0.3, -0.25) is 4.79 Å². The van der Waals surface area contributed by atoms with Crippen molar-refractivity contribution in [1.82, 2.24) is 5.32 Å². The van der Waals surface area contributed by atoms with Crippen molar-refractivity contribution < 1.29 is 43.5 Å². The first kappa shape index (κ1) is 43.2. The number of alkyl carbamates (subject to hydrolysis) is 1. The number of ether oxygens (including phenoxy) is 4. The van der Waals surface area contributed by atoms with Crippen molar-refractivity contribution in [3.05, 3.63) is 0 Å². The fourth-order valence-electron chi connectivity index (χ4n) is 12.8. The van der Waals surface area contributed by atoms with Gasteiger partial charge in [0, 0.05) is 11.8 Å². The van der Waals surface area contributed by atoms with E-state index in [9.17, 15) is 24.6 Å². The highest BCUT2D eigenvalue weighted by Gasteiger charge is 2.72. The zero-order chi connectivity index (χ0) is 40.7. The third-order valence-electron chi connectivity index (χ3n) is 15.5. The molecule has 4 aliphatic carbocycles. The summed E-state index contributed by atoms with van der Waals surface area (Å²) in [4.78, 5) is 39.5. The van der Waals surface area contributed by atoms with Crippen molar-refractivity contribution >= 4 is 18.0 Å². The summed E-state index contributed by atoms with van der Waals surface area (Å²) >= 11 is 0. The van der Waals surface area contributed by atoms with E-state index >= 15 is 0 Å². The van der Waals surface area contributed by atoms with Crippen molar-refractivity contribution in [2.45, 2.75) is 214 Å². The maximum absolute atomic E-state index is 14.0. The van der Waals surface area contributed by atoms with Crippen LogP contribution in [0.3, 0.4) is 0 Å². The predicted octanol–water partition coefficient (Wildman–Crippen LogP) is 8.28. The van der Waals surface area contributed by atoms with Crippen LogP contribution in [0.2, 0.25) is 0 Å². The molecule has 0 bridgehead atoms. The number of carbonyl (C=O) groups excluding carboxylic acids is 3. The third-order valence-corrected chi connectivity index (χ3v) is 15.5. The summed E-state index contributed by atoms with van der Waals surface area (Å²) in [5, 5.41) is 25.8. The monoisotopic (exact) mass is 762 g/mol. The van der Waals surface area contributed by atoms with Crippen LogP contribution in [0, 0.1) is 45.3 Å². The molecule has 310 valence electrons. The highest BCUT2D eigenvalue weighted by Crippen LogP contribution is 2.76. The second kappa shape index (κ2) is 14.2. The molecular weight excluding hydrogens is 686 g/mol. The fourth-order valence-corrected chi connectivity index (χ4v) is 12.8. The summed E-state index contributed by atoms with van der Waals surface area (Å²) < 4.78 is 24.1. The van der Waals surface area contributed by atoms with Crippen LogP contribution < -0.4 is 5.32 Å². The molecule has 1 heterocycles. The smallest absolute Gasteiger partial charge is 0.408 e. The molecule has 54 heavy (non-hydrogen) atoms. The minimum Gasteiger partial charge on any atom is -0.460 e. The van der Waals surface area contributed by atoms with Gasteiger partial charge in [-0.1, -0.05) is 34.6 Å². The second-order valence-corrected chi connectivity index (χ2v) is 22.2. The lowest BCUT2D eigenvalue weighted by Gasteiger charge is -2.70. The number of hydrogen-bond acceptors (Lipinski definition) is 9. The highest BCUT2D eigenvalue weighted by molar-refractivity contribution is 5.82. The third kappa shape index (κ3) is 7.97. The van der Waals surface area contributed by atoms with E-state index < -0.39 is 47.0 Å². The van der Waals surface area contributed by atoms with Crippen LogP contribution in [0.25, 0.3) is 0 Å². The molecule has 1 saturated heterocycles. The molecule has 0 aromatic carbocycles. The Bertz CT molecular complexity index is 1420. The van der Waals surface area contributed by atoms with Crippen LogP contribution in [-0.2, 0) is 28.5 Å². The lowest BCUT2D eigenvalue weighted by atomic mass is 9.35. The fraction of sp³-hybridized carbons (Fsp3) is 0.932.